The van der Waals surface area contributed by atoms with Crippen LogP contribution in [0.2, 0.25) is 0 Å². The highest BCUT2D eigenvalue weighted by atomic mass is 16.6. The number of allylic oxidation sites excluding steroid dienone is 1. The van der Waals surface area contributed by atoms with Crippen molar-refractivity contribution in [3.63, 3.8) is 0 Å². The lowest BCUT2D eigenvalue weighted by Gasteiger charge is -2.56. The number of methoxy groups -OCH3 is 1. The number of carbonyl (C=O) groups is 5. The minimum atomic E-state index is -0.707. The molecule has 288 valence electrons. The van der Waals surface area contributed by atoms with E-state index >= 15 is 0 Å². The van der Waals surface area contributed by atoms with Crippen LogP contribution in [0.4, 0.5) is 4.79 Å². The van der Waals surface area contributed by atoms with Crippen molar-refractivity contribution >= 4 is 35.4 Å². The lowest BCUT2D eigenvalue weighted by atomic mass is 9.53. The molecule has 3 aliphatic heterocycles. The van der Waals surface area contributed by atoms with Crippen LogP contribution in [-0.2, 0) is 35.8 Å². The fraction of sp³-hybridized carbons (Fsp3) is 0.632. The van der Waals surface area contributed by atoms with Gasteiger partial charge in [-0.25, -0.2) is 4.79 Å². The molecule has 0 radical (unpaired) electrons. The number of nitrogens with one attached hydrogen (secondary N) is 2. The van der Waals surface area contributed by atoms with Crippen LogP contribution in [0.1, 0.15) is 75.8 Å². The molecule has 3 amide bonds. The van der Waals surface area contributed by atoms with Crippen molar-refractivity contribution in [3.8, 4) is 11.5 Å². The van der Waals surface area contributed by atoms with Crippen LogP contribution in [0.25, 0.3) is 0 Å². The summed E-state index contributed by atoms with van der Waals surface area (Å²) in [5.41, 5.74) is 13.1. The van der Waals surface area contributed by atoms with Crippen LogP contribution in [0.3, 0.4) is 0 Å². The third kappa shape index (κ3) is 7.85. The number of Topliss-reactive ketones (excluding diaryl/α,β-unsaturated/α-hetero) is 2. The molecular weight excluding hydrogens is 682 g/mol. The second-order valence-electron chi connectivity index (χ2n) is 15.1. The van der Waals surface area contributed by atoms with Gasteiger partial charge < -0.3 is 46.1 Å². The molecule has 2 saturated heterocycles. The van der Waals surface area contributed by atoms with Crippen LogP contribution in [0, 0.1) is 11.8 Å². The number of likely N-dealkylation sites (N-methyl/N-ethyl adjacent to an activating group) is 1. The third-order valence-electron chi connectivity index (χ3n) is 11.7. The molecule has 6 atom stereocenters. The molecule has 2 aliphatic carbocycles. The Morgan fingerprint density at radius 1 is 1.13 bits per heavy atom. The summed E-state index contributed by atoms with van der Waals surface area (Å²) in [5, 5.41) is 5.43. The first-order valence-electron chi connectivity index (χ1n) is 18.8. The molecule has 0 saturated carbocycles. The second-order valence-corrected chi connectivity index (χ2v) is 15.1. The number of nitrogens with zero attached hydrogens (tertiary/aromatic N) is 3. The number of guanidine groups is 1. The highest BCUT2D eigenvalue weighted by Gasteiger charge is 2.65. The molecule has 6 N–H and O–H groups in total. The largest absolute Gasteiger partial charge is 0.493 e. The van der Waals surface area contributed by atoms with E-state index in [9.17, 15) is 24.0 Å². The first kappa shape index (κ1) is 38.1. The molecule has 15 nitrogen and oxygen atoms in total. The summed E-state index contributed by atoms with van der Waals surface area (Å²) in [7, 11) is 3.84. The summed E-state index contributed by atoms with van der Waals surface area (Å²) in [6.45, 7) is 2.88. The monoisotopic (exact) mass is 735 g/mol. The maximum atomic E-state index is 14.0. The van der Waals surface area contributed by atoms with Crippen LogP contribution >= 0.6 is 0 Å². The second kappa shape index (κ2) is 16.1. The van der Waals surface area contributed by atoms with E-state index in [0.29, 0.717) is 49.3 Å². The summed E-state index contributed by atoms with van der Waals surface area (Å²) in [6, 6.07) is 4.18. The van der Waals surface area contributed by atoms with Crippen molar-refractivity contribution < 1.29 is 38.2 Å². The van der Waals surface area contributed by atoms with E-state index < -0.39 is 24.0 Å². The molecule has 0 aromatic heterocycles. The van der Waals surface area contributed by atoms with Gasteiger partial charge in [-0.2, -0.15) is 0 Å². The standard InChI is InChI=1S/C38H53N7O8/c1-22(46)17-31(48)42-21-26(47)18-24(7-6-14-41-36(39)40)35(49)43-20-25-8-4-5-15-45(25)37(50)52-30-12-10-27-28-19-23-9-11-29(51-3)33-32(23)38(27,34(30)53-33)13-16-44(28)2/h9,11-12,24-25,27-28,34H,4-8,10,13-21H2,1-3H3,(H,42,48)(H,43,49)(H4,39,40,41)/t24-,25+,27?,28?,34?,38+/m1/s1. The summed E-state index contributed by atoms with van der Waals surface area (Å²) in [4.78, 5) is 71.6. The van der Waals surface area contributed by atoms with Crippen molar-refractivity contribution in [2.45, 2.75) is 94.7 Å². The predicted octanol–water partition coefficient (Wildman–Crippen LogP) is 1.69. The van der Waals surface area contributed by atoms with Gasteiger partial charge in [0.1, 0.15) is 11.5 Å². The van der Waals surface area contributed by atoms with E-state index in [1.807, 2.05) is 12.1 Å². The highest BCUT2D eigenvalue weighted by Crippen LogP contribution is 2.63. The minimum absolute atomic E-state index is 0.0641. The zero-order valence-electron chi connectivity index (χ0n) is 31.0. The van der Waals surface area contributed by atoms with Crippen LogP contribution in [0.5, 0.6) is 11.5 Å². The number of aliphatic imine (C=N–C) groups is 1. The van der Waals surface area contributed by atoms with Crippen molar-refractivity contribution in [2.24, 2.45) is 28.3 Å². The molecule has 1 aromatic rings. The minimum Gasteiger partial charge on any atom is -0.493 e. The van der Waals surface area contributed by atoms with E-state index in [1.54, 1.807) is 12.0 Å². The van der Waals surface area contributed by atoms with Crippen molar-refractivity contribution in [1.82, 2.24) is 20.4 Å². The van der Waals surface area contributed by atoms with Crippen molar-refractivity contribution in [3.05, 3.63) is 35.1 Å². The van der Waals surface area contributed by atoms with Gasteiger partial charge in [0, 0.05) is 49.0 Å². The number of nitrogens with two attached hydrogens (primary N) is 2. The molecule has 1 spiro atoms. The maximum absolute atomic E-state index is 14.0. The summed E-state index contributed by atoms with van der Waals surface area (Å²) >= 11 is 0. The molecule has 1 aromatic carbocycles. The van der Waals surface area contributed by atoms with E-state index in [2.05, 4.69) is 33.6 Å². The number of piperidine rings is 2. The normalized spacial score (nSPS) is 25.9. The number of hydrogen-bond acceptors (Lipinski definition) is 10. The number of amides is 3. The Balaban J connectivity index is 1.12. The van der Waals surface area contributed by atoms with Gasteiger partial charge in [-0.1, -0.05) is 6.07 Å². The van der Waals surface area contributed by atoms with E-state index in [1.165, 1.54) is 18.1 Å². The first-order chi connectivity index (χ1) is 25.4. The van der Waals surface area contributed by atoms with E-state index in [4.69, 9.17) is 25.7 Å². The third-order valence-corrected chi connectivity index (χ3v) is 11.7. The smallest absolute Gasteiger partial charge is 0.415 e. The van der Waals surface area contributed by atoms with Crippen LogP contribution < -0.4 is 31.6 Å². The highest BCUT2D eigenvalue weighted by molar-refractivity contribution is 5.98. The zero-order valence-corrected chi connectivity index (χ0v) is 31.0. The summed E-state index contributed by atoms with van der Waals surface area (Å²) in [5.74, 6) is -0.00881. The number of hydrogen-bond donors (Lipinski definition) is 4. The Kier molecular flexibility index (Phi) is 11.6. The predicted molar refractivity (Wildman–Crippen MR) is 195 cm³/mol. The summed E-state index contributed by atoms with van der Waals surface area (Å²) in [6.07, 6.45) is 6.45. The number of ether oxygens (including phenoxy) is 3. The van der Waals surface area contributed by atoms with Gasteiger partial charge in [-0.3, -0.25) is 24.2 Å². The van der Waals surface area contributed by atoms with E-state index in [0.717, 1.165) is 44.4 Å². The van der Waals surface area contributed by atoms with E-state index in [-0.39, 0.29) is 67.4 Å². The number of rotatable bonds is 15. The molecule has 53 heavy (non-hydrogen) atoms. The lowest BCUT2D eigenvalue weighted by Crippen LogP contribution is -2.63. The van der Waals surface area contributed by atoms with Crippen LogP contribution in [-0.4, -0.2) is 110 Å². The zero-order chi connectivity index (χ0) is 37.9. The average Bonchev–Trinajstić information content (AvgIpc) is 3.48. The number of benzene rings is 1. The van der Waals surface area contributed by atoms with Gasteiger partial charge in [-0.05, 0) is 95.5 Å². The molecule has 15 heteroatoms. The molecular formula is C38H53N7O8. The van der Waals surface area contributed by atoms with Crippen molar-refractivity contribution in [1.29, 1.82) is 0 Å². The van der Waals surface area contributed by atoms with Gasteiger partial charge in [0.15, 0.2) is 29.3 Å². The van der Waals surface area contributed by atoms with Gasteiger partial charge in [0.05, 0.1) is 26.1 Å². The Morgan fingerprint density at radius 2 is 1.94 bits per heavy atom. The summed E-state index contributed by atoms with van der Waals surface area (Å²) < 4.78 is 18.8. The molecule has 2 fully saturated rings. The Hall–Kier alpha value is -4.66. The Bertz CT molecular complexity index is 1680. The molecule has 5 aliphatic rings. The number of carbonyl (C=O) groups excluding carboxylic acids is 5. The quantitative estimate of drug-likeness (QED) is 0.0882. The number of ketones is 2. The fourth-order valence-corrected chi connectivity index (χ4v) is 9.24. The van der Waals surface area contributed by atoms with Gasteiger partial charge in [0.25, 0.3) is 0 Å². The Morgan fingerprint density at radius 3 is 2.70 bits per heavy atom. The topological polar surface area (TPSA) is 208 Å². The molecule has 3 unspecified atom stereocenters. The van der Waals surface area contributed by atoms with Gasteiger partial charge in [-0.15, -0.1) is 0 Å². The maximum Gasteiger partial charge on any atom is 0.415 e. The van der Waals surface area contributed by atoms with Crippen molar-refractivity contribution in [2.75, 3.05) is 46.9 Å². The fourth-order valence-electron chi connectivity index (χ4n) is 9.24. The van der Waals surface area contributed by atoms with Crippen LogP contribution in [0.15, 0.2) is 29.0 Å². The van der Waals surface area contributed by atoms with Gasteiger partial charge in [0.2, 0.25) is 11.8 Å². The van der Waals surface area contributed by atoms with Gasteiger partial charge >= 0.3 is 6.09 Å². The number of likely N-dealkylation sites (tertiary alicyclic amines) is 2. The first-order valence-corrected chi connectivity index (χ1v) is 18.8. The SMILES string of the molecule is COc1ccc2c3c1OC1C(OC(=O)N4CCCC[C@H]4CNC(=O)[C@H](CCCN=C(N)N)CC(=O)CNC(=O)CC(C)=O)=CCC4C(C2)N(C)CC[C@]314. The lowest BCUT2D eigenvalue weighted by molar-refractivity contribution is -0.131. The molecule has 3 heterocycles. The molecule has 2 bridgehead atoms. The molecule has 6 rings (SSSR count). The Labute approximate surface area is 310 Å². The average molecular weight is 736 g/mol.